The van der Waals surface area contributed by atoms with Gasteiger partial charge in [-0.3, -0.25) is 9.59 Å². The maximum Gasteiger partial charge on any atom is 0.237 e. The molecule has 1 aromatic carbocycles. The molecule has 3 rings (SSSR count). The van der Waals surface area contributed by atoms with Crippen molar-refractivity contribution in [2.75, 3.05) is 24.2 Å². The molecule has 142 valence electrons. The normalized spacial score (nSPS) is 20.9. The van der Waals surface area contributed by atoms with Crippen LogP contribution in [0.3, 0.4) is 0 Å². The van der Waals surface area contributed by atoms with Crippen molar-refractivity contribution in [3.05, 3.63) is 18.2 Å². The van der Waals surface area contributed by atoms with Crippen molar-refractivity contribution in [2.45, 2.75) is 54.1 Å². The second-order valence-electron chi connectivity index (χ2n) is 6.77. The largest absolute Gasteiger partial charge is 0.343 e. The number of likely N-dealkylation sites (tertiary alicyclic amines) is 1. The van der Waals surface area contributed by atoms with E-state index in [2.05, 4.69) is 5.32 Å². The predicted octanol–water partition coefficient (Wildman–Crippen LogP) is 2.69. The third kappa shape index (κ3) is 4.40. The van der Waals surface area contributed by atoms with Crippen LogP contribution in [0.25, 0.3) is 0 Å². The van der Waals surface area contributed by atoms with Gasteiger partial charge >= 0.3 is 0 Å². The minimum Gasteiger partial charge on any atom is -0.343 e. The van der Waals surface area contributed by atoms with Gasteiger partial charge < -0.3 is 10.2 Å². The molecule has 2 amide bonds. The molecule has 1 unspecified atom stereocenters. The maximum absolute atomic E-state index is 12.6. The fourth-order valence-electron chi connectivity index (χ4n) is 3.20. The Morgan fingerprint density at radius 2 is 1.92 bits per heavy atom. The summed E-state index contributed by atoms with van der Waals surface area (Å²) >= 11 is 1.41. The molecule has 2 heterocycles. The van der Waals surface area contributed by atoms with E-state index in [9.17, 15) is 18.0 Å². The molecule has 8 heteroatoms. The number of carbonyl (C=O) groups excluding carboxylic acids is 2. The molecule has 0 saturated carbocycles. The molecular formula is C18H24N2O4S2. The zero-order valence-corrected chi connectivity index (χ0v) is 16.5. The Hall–Kier alpha value is -1.54. The average molecular weight is 397 g/mol. The van der Waals surface area contributed by atoms with E-state index in [0.29, 0.717) is 5.69 Å². The topological polar surface area (TPSA) is 83.6 Å². The lowest BCUT2D eigenvalue weighted by molar-refractivity contribution is -0.130. The van der Waals surface area contributed by atoms with Gasteiger partial charge in [0, 0.05) is 24.4 Å². The van der Waals surface area contributed by atoms with Crippen molar-refractivity contribution < 1.29 is 18.0 Å². The van der Waals surface area contributed by atoms with Crippen LogP contribution < -0.4 is 5.32 Å². The molecule has 0 aromatic heterocycles. The van der Waals surface area contributed by atoms with Crippen molar-refractivity contribution in [2.24, 2.45) is 0 Å². The number of thioether (sulfide) groups is 1. The number of nitrogens with zero attached hydrogens (tertiary/aromatic N) is 1. The van der Waals surface area contributed by atoms with Gasteiger partial charge in [0.1, 0.15) is 0 Å². The lowest BCUT2D eigenvalue weighted by atomic mass is 10.2. The molecule has 2 aliphatic rings. The molecule has 1 aromatic rings. The summed E-state index contributed by atoms with van der Waals surface area (Å²) in [5.41, 5.74) is 0.526. The van der Waals surface area contributed by atoms with E-state index in [1.807, 2.05) is 6.92 Å². The van der Waals surface area contributed by atoms with Gasteiger partial charge in [0.15, 0.2) is 9.84 Å². The number of hydrogen-bond donors (Lipinski definition) is 1. The first-order chi connectivity index (χ1) is 12.4. The van der Waals surface area contributed by atoms with Crippen LogP contribution >= 0.6 is 11.8 Å². The van der Waals surface area contributed by atoms with Gasteiger partial charge in [-0.15, -0.1) is 11.8 Å². The van der Waals surface area contributed by atoms with Gasteiger partial charge in [0.2, 0.25) is 11.8 Å². The minimum absolute atomic E-state index is 0.00242. The van der Waals surface area contributed by atoms with E-state index < -0.39 is 9.84 Å². The van der Waals surface area contributed by atoms with Gasteiger partial charge in [-0.05, 0) is 38.0 Å². The first-order valence-corrected chi connectivity index (χ1v) is 11.5. The lowest BCUT2D eigenvalue weighted by Gasteiger charge is -2.22. The van der Waals surface area contributed by atoms with Crippen LogP contribution in [0.4, 0.5) is 5.69 Å². The fraction of sp³-hybridized carbons (Fsp3) is 0.556. The van der Waals surface area contributed by atoms with E-state index >= 15 is 0 Å². The zero-order chi connectivity index (χ0) is 18.7. The SMILES string of the molecule is CC1Sc2ccc(S(=O)(=O)CCC(=O)N3CCCCCC3)cc2NC1=O. The molecule has 1 atom stereocenters. The molecule has 1 fully saturated rings. The van der Waals surface area contributed by atoms with Crippen LogP contribution in [0.1, 0.15) is 39.0 Å². The standard InChI is InChI=1S/C18H24N2O4S2/c1-13-18(22)19-15-12-14(6-7-16(15)25-13)26(23,24)11-8-17(21)20-9-4-2-3-5-10-20/h6-7,12-13H,2-5,8-11H2,1H3,(H,19,22). The lowest BCUT2D eigenvalue weighted by Crippen LogP contribution is -2.33. The Bertz CT molecular complexity index is 799. The Balaban J connectivity index is 1.67. The van der Waals surface area contributed by atoms with Gasteiger partial charge in [0.05, 0.1) is 21.6 Å². The molecule has 26 heavy (non-hydrogen) atoms. The number of benzene rings is 1. The maximum atomic E-state index is 12.6. The number of fused-ring (bicyclic) bond motifs is 1. The molecule has 0 radical (unpaired) electrons. The highest BCUT2D eigenvalue weighted by Gasteiger charge is 2.26. The number of carbonyl (C=O) groups is 2. The summed E-state index contributed by atoms with van der Waals surface area (Å²) in [7, 11) is -3.58. The monoisotopic (exact) mass is 396 g/mol. The summed E-state index contributed by atoms with van der Waals surface area (Å²) in [5.74, 6) is -0.432. The Morgan fingerprint density at radius 3 is 2.62 bits per heavy atom. The van der Waals surface area contributed by atoms with Crippen molar-refractivity contribution in [3.63, 3.8) is 0 Å². The third-order valence-corrected chi connectivity index (χ3v) is 7.68. The van der Waals surface area contributed by atoms with E-state index in [1.165, 1.54) is 17.8 Å². The first kappa shape index (κ1) is 19.2. The van der Waals surface area contributed by atoms with Crippen molar-refractivity contribution >= 4 is 39.1 Å². The van der Waals surface area contributed by atoms with Crippen molar-refractivity contribution in [1.29, 1.82) is 0 Å². The molecule has 0 spiro atoms. The molecule has 0 aliphatic carbocycles. The molecule has 1 N–H and O–H groups in total. The number of sulfone groups is 1. The minimum atomic E-state index is -3.58. The van der Waals surface area contributed by atoms with E-state index in [-0.39, 0.29) is 34.1 Å². The summed E-state index contributed by atoms with van der Waals surface area (Å²) < 4.78 is 25.3. The van der Waals surface area contributed by atoms with E-state index in [0.717, 1.165) is 43.7 Å². The Labute approximate surface area is 158 Å². The second kappa shape index (κ2) is 8.00. The summed E-state index contributed by atoms with van der Waals surface area (Å²) in [5, 5.41) is 2.55. The summed E-state index contributed by atoms with van der Waals surface area (Å²) in [6.07, 6.45) is 4.22. The Morgan fingerprint density at radius 1 is 1.23 bits per heavy atom. The highest BCUT2D eigenvalue weighted by molar-refractivity contribution is 8.01. The molecule has 1 saturated heterocycles. The number of nitrogens with one attached hydrogen (secondary N) is 1. The van der Waals surface area contributed by atoms with Crippen LogP contribution in [0.15, 0.2) is 28.0 Å². The molecule has 2 aliphatic heterocycles. The summed E-state index contributed by atoms with van der Waals surface area (Å²) in [4.78, 5) is 26.9. The number of amides is 2. The smallest absolute Gasteiger partial charge is 0.237 e. The van der Waals surface area contributed by atoms with Crippen molar-refractivity contribution in [1.82, 2.24) is 4.90 Å². The Kier molecular flexibility index (Phi) is 5.92. The van der Waals surface area contributed by atoms with Gasteiger partial charge in [0.25, 0.3) is 0 Å². The number of rotatable bonds is 4. The quantitative estimate of drug-likeness (QED) is 0.846. The van der Waals surface area contributed by atoms with E-state index in [4.69, 9.17) is 0 Å². The molecular weight excluding hydrogens is 372 g/mol. The molecule has 0 bridgehead atoms. The van der Waals surface area contributed by atoms with Crippen LogP contribution in [0, 0.1) is 0 Å². The predicted molar refractivity (Wildman–Crippen MR) is 102 cm³/mol. The van der Waals surface area contributed by atoms with Gasteiger partial charge in [-0.1, -0.05) is 12.8 Å². The summed E-state index contributed by atoms with van der Waals surface area (Å²) in [6.45, 7) is 3.25. The first-order valence-electron chi connectivity index (χ1n) is 8.99. The van der Waals surface area contributed by atoms with Crippen LogP contribution in [0.2, 0.25) is 0 Å². The second-order valence-corrected chi connectivity index (χ2v) is 10.3. The number of anilines is 1. The highest BCUT2D eigenvalue weighted by atomic mass is 32.2. The van der Waals surface area contributed by atoms with Crippen LogP contribution in [-0.4, -0.2) is 49.2 Å². The van der Waals surface area contributed by atoms with Crippen LogP contribution in [-0.2, 0) is 19.4 Å². The van der Waals surface area contributed by atoms with Gasteiger partial charge in [-0.25, -0.2) is 8.42 Å². The fourth-order valence-corrected chi connectivity index (χ4v) is 5.38. The molecule has 6 nitrogen and oxygen atoms in total. The zero-order valence-electron chi connectivity index (χ0n) is 14.9. The third-order valence-electron chi connectivity index (χ3n) is 4.78. The number of hydrogen-bond acceptors (Lipinski definition) is 5. The summed E-state index contributed by atoms with van der Waals surface area (Å²) in [6, 6.07) is 4.78. The van der Waals surface area contributed by atoms with Crippen molar-refractivity contribution in [3.8, 4) is 0 Å². The highest BCUT2D eigenvalue weighted by Crippen LogP contribution is 2.36. The van der Waals surface area contributed by atoms with Gasteiger partial charge in [-0.2, -0.15) is 0 Å². The average Bonchev–Trinajstić information content (AvgIpc) is 2.90. The van der Waals surface area contributed by atoms with Crippen LogP contribution in [0.5, 0.6) is 0 Å². The van der Waals surface area contributed by atoms with E-state index in [1.54, 1.807) is 17.0 Å².